The van der Waals surface area contributed by atoms with Gasteiger partial charge in [-0.1, -0.05) is 29.0 Å². The summed E-state index contributed by atoms with van der Waals surface area (Å²) < 4.78 is 2.45. The lowest BCUT2D eigenvalue weighted by Crippen LogP contribution is -2.40. The van der Waals surface area contributed by atoms with E-state index in [9.17, 15) is 9.59 Å². The van der Waals surface area contributed by atoms with Crippen molar-refractivity contribution in [3.63, 3.8) is 0 Å². The van der Waals surface area contributed by atoms with Gasteiger partial charge >= 0.3 is 0 Å². The van der Waals surface area contributed by atoms with E-state index in [4.69, 9.17) is 5.73 Å². The quantitative estimate of drug-likeness (QED) is 0.647. The summed E-state index contributed by atoms with van der Waals surface area (Å²) in [6.07, 6.45) is 1.85. The number of fused-ring (bicyclic) bond motifs is 1. The third-order valence-corrected chi connectivity index (χ3v) is 6.47. The van der Waals surface area contributed by atoms with E-state index in [1.807, 2.05) is 44.7 Å². The summed E-state index contributed by atoms with van der Waals surface area (Å²) in [7, 11) is 0. The number of nitrogens with two attached hydrogens (primary N) is 1. The van der Waals surface area contributed by atoms with Gasteiger partial charge in [0.1, 0.15) is 4.70 Å². The minimum atomic E-state index is -0.374. The molecule has 1 aromatic carbocycles. The molecule has 8 nitrogen and oxygen atoms in total. The molecule has 31 heavy (non-hydrogen) atoms. The molecule has 3 aromatic rings. The normalized spacial score (nSPS) is 16.8. The fourth-order valence-electron chi connectivity index (χ4n) is 3.82. The minimum absolute atomic E-state index is 0.0379. The van der Waals surface area contributed by atoms with Gasteiger partial charge in [-0.3, -0.25) is 14.9 Å². The van der Waals surface area contributed by atoms with Gasteiger partial charge in [0.05, 0.1) is 5.54 Å². The first-order valence-corrected chi connectivity index (χ1v) is 11.3. The zero-order chi connectivity index (χ0) is 22.3. The van der Waals surface area contributed by atoms with Gasteiger partial charge in [0, 0.05) is 24.7 Å². The second-order valence-corrected chi connectivity index (χ2v) is 9.95. The number of thiazole rings is 1. The van der Waals surface area contributed by atoms with Gasteiger partial charge in [-0.15, -0.1) is 0 Å². The molecule has 3 N–H and O–H groups in total. The van der Waals surface area contributed by atoms with Crippen molar-refractivity contribution in [2.45, 2.75) is 52.1 Å². The predicted molar refractivity (Wildman–Crippen MR) is 123 cm³/mol. The summed E-state index contributed by atoms with van der Waals surface area (Å²) in [6.45, 7) is 9.12. The zero-order valence-corrected chi connectivity index (χ0v) is 19.1. The SMILES string of the molecule is Cc1ccc(C(=O)Nc2nc3c(s2)c(C(=O)N2CCC[C@H]2CN)nn3C(C)(C)C)cc1. The van der Waals surface area contributed by atoms with Gasteiger partial charge < -0.3 is 10.6 Å². The van der Waals surface area contributed by atoms with Crippen LogP contribution in [0.5, 0.6) is 0 Å². The van der Waals surface area contributed by atoms with Crippen molar-refractivity contribution in [3.05, 3.63) is 41.1 Å². The van der Waals surface area contributed by atoms with E-state index < -0.39 is 0 Å². The van der Waals surface area contributed by atoms with Gasteiger partial charge in [-0.2, -0.15) is 10.1 Å². The number of hydrogen-bond donors (Lipinski definition) is 2. The fourth-order valence-corrected chi connectivity index (χ4v) is 4.74. The van der Waals surface area contributed by atoms with E-state index in [-0.39, 0.29) is 23.4 Å². The molecule has 0 bridgehead atoms. The first-order chi connectivity index (χ1) is 14.7. The first-order valence-electron chi connectivity index (χ1n) is 10.5. The lowest BCUT2D eigenvalue weighted by Gasteiger charge is -2.23. The zero-order valence-electron chi connectivity index (χ0n) is 18.3. The number of carbonyl (C=O) groups is 2. The van der Waals surface area contributed by atoms with Crippen LogP contribution in [0.15, 0.2) is 24.3 Å². The summed E-state index contributed by atoms with van der Waals surface area (Å²) in [5.41, 5.74) is 8.12. The van der Waals surface area contributed by atoms with Crippen LogP contribution in [0.4, 0.5) is 5.13 Å². The Morgan fingerprint density at radius 2 is 1.97 bits per heavy atom. The number of nitrogens with one attached hydrogen (secondary N) is 1. The Balaban J connectivity index is 1.71. The van der Waals surface area contributed by atoms with E-state index in [1.165, 1.54) is 11.3 Å². The highest BCUT2D eigenvalue weighted by Gasteiger charge is 2.34. The first kappa shape index (κ1) is 21.5. The molecular formula is C22H28N6O2S. The van der Waals surface area contributed by atoms with Crippen LogP contribution in [0.2, 0.25) is 0 Å². The van der Waals surface area contributed by atoms with Crippen molar-refractivity contribution in [2.75, 3.05) is 18.4 Å². The second-order valence-electron chi connectivity index (χ2n) is 8.95. The van der Waals surface area contributed by atoms with E-state index in [2.05, 4.69) is 15.4 Å². The number of anilines is 1. The summed E-state index contributed by atoms with van der Waals surface area (Å²) in [6, 6.07) is 7.39. The predicted octanol–water partition coefficient (Wildman–Crippen LogP) is 3.37. The maximum Gasteiger partial charge on any atom is 0.276 e. The third kappa shape index (κ3) is 4.07. The number of aromatic nitrogens is 3. The molecular weight excluding hydrogens is 412 g/mol. The summed E-state index contributed by atoms with van der Waals surface area (Å²) in [4.78, 5) is 32.4. The van der Waals surface area contributed by atoms with Gasteiger partial charge in [0.15, 0.2) is 16.5 Å². The van der Waals surface area contributed by atoms with Crippen molar-refractivity contribution in [3.8, 4) is 0 Å². The lowest BCUT2D eigenvalue weighted by molar-refractivity contribution is 0.0735. The Labute approximate surface area is 185 Å². The molecule has 0 radical (unpaired) electrons. The maximum absolute atomic E-state index is 13.3. The topological polar surface area (TPSA) is 106 Å². The molecule has 2 amide bonds. The molecule has 1 saturated heterocycles. The van der Waals surface area contributed by atoms with Crippen LogP contribution < -0.4 is 11.1 Å². The van der Waals surface area contributed by atoms with Gasteiger partial charge in [-0.05, 0) is 52.7 Å². The molecule has 0 unspecified atom stereocenters. The maximum atomic E-state index is 13.3. The van der Waals surface area contributed by atoms with E-state index in [1.54, 1.807) is 16.8 Å². The fraction of sp³-hybridized carbons (Fsp3) is 0.455. The van der Waals surface area contributed by atoms with Crippen molar-refractivity contribution in [1.29, 1.82) is 0 Å². The molecule has 3 heterocycles. The van der Waals surface area contributed by atoms with Crippen molar-refractivity contribution < 1.29 is 9.59 Å². The van der Waals surface area contributed by atoms with Gasteiger partial charge in [-0.25, -0.2) is 4.68 Å². The summed E-state index contributed by atoms with van der Waals surface area (Å²) in [5, 5.41) is 7.96. The number of benzene rings is 1. The molecule has 9 heteroatoms. The van der Waals surface area contributed by atoms with Crippen LogP contribution in [0.1, 0.15) is 60.0 Å². The molecule has 4 rings (SSSR count). The highest BCUT2D eigenvalue weighted by molar-refractivity contribution is 7.22. The van der Waals surface area contributed by atoms with Crippen molar-refractivity contribution in [1.82, 2.24) is 19.7 Å². The monoisotopic (exact) mass is 440 g/mol. The van der Waals surface area contributed by atoms with Crippen LogP contribution in [0.25, 0.3) is 10.3 Å². The molecule has 0 spiro atoms. The Hall–Kier alpha value is -2.78. The number of amides is 2. The number of likely N-dealkylation sites (tertiary alicyclic amines) is 1. The average Bonchev–Trinajstić information content (AvgIpc) is 3.41. The molecule has 1 aliphatic heterocycles. The Bertz CT molecular complexity index is 1130. The Kier molecular flexibility index (Phi) is 5.57. The third-order valence-electron chi connectivity index (χ3n) is 5.51. The van der Waals surface area contributed by atoms with Crippen LogP contribution in [0, 0.1) is 6.92 Å². The smallest absolute Gasteiger partial charge is 0.276 e. The van der Waals surface area contributed by atoms with Gasteiger partial charge in [0.25, 0.3) is 11.8 Å². The van der Waals surface area contributed by atoms with Crippen LogP contribution in [0.3, 0.4) is 0 Å². The highest BCUT2D eigenvalue weighted by atomic mass is 32.1. The number of nitrogens with zero attached hydrogens (tertiary/aromatic N) is 4. The largest absolute Gasteiger partial charge is 0.333 e. The van der Waals surface area contributed by atoms with E-state index in [0.29, 0.717) is 39.8 Å². The van der Waals surface area contributed by atoms with Crippen LogP contribution in [-0.2, 0) is 5.54 Å². The second kappa shape index (κ2) is 8.05. The number of aryl methyl sites for hydroxylation is 1. The summed E-state index contributed by atoms with van der Waals surface area (Å²) in [5.74, 6) is -0.358. The standard InChI is InChI=1S/C22H28N6O2S/c1-13-7-9-14(10-8-13)19(29)25-21-24-18-17(31-21)16(26-28(18)22(2,3)4)20(30)27-11-5-6-15(27)12-23/h7-10,15H,5-6,11-12,23H2,1-4H3,(H,24,25,29)/t15-/m0/s1. The van der Waals surface area contributed by atoms with E-state index in [0.717, 1.165) is 18.4 Å². The van der Waals surface area contributed by atoms with Crippen LogP contribution >= 0.6 is 11.3 Å². The molecule has 1 fully saturated rings. The minimum Gasteiger partial charge on any atom is -0.333 e. The molecule has 164 valence electrons. The van der Waals surface area contributed by atoms with Gasteiger partial charge in [0.2, 0.25) is 0 Å². The number of carbonyl (C=O) groups excluding carboxylic acids is 2. The number of rotatable bonds is 4. The van der Waals surface area contributed by atoms with Crippen molar-refractivity contribution >= 4 is 38.6 Å². The van der Waals surface area contributed by atoms with E-state index >= 15 is 0 Å². The average molecular weight is 441 g/mol. The Morgan fingerprint density at radius 1 is 1.26 bits per heavy atom. The Morgan fingerprint density at radius 3 is 2.61 bits per heavy atom. The number of hydrogen-bond acceptors (Lipinski definition) is 6. The van der Waals surface area contributed by atoms with Crippen LogP contribution in [-0.4, -0.2) is 50.6 Å². The molecule has 1 atom stereocenters. The molecule has 1 aliphatic rings. The summed E-state index contributed by atoms with van der Waals surface area (Å²) >= 11 is 1.28. The molecule has 0 aliphatic carbocycles. The van der Waals surface area contributed by atoms with Crippen molar-refractivity contribution in [2.24, 2.45) is 5.73 Å². The molecule has 2 aromatic heterocycles. The highest BCUT2D eigenvalue weighted by Crippen LogP contribution is 2.34. The molecule has 0 saturated carbocycles. The lowest BCUT2D eigenvalue weighted by atomic mass is 10.1.